The van der Waals surface area contributed by atoms with Gasteiger partial charge in [-0.3, -0.25) is 14.4 Å². The Balaban J connectivity index is 0.000000616. The first kappa shape index (κ1) is 33.2. The van der Waals surface area contributed by atoms with Gasteiger partial charge in [-0.1, -0.05) is 54.6 Å². The molecule has 1 aliphatic carbocycles. The maximum atomic E-state index is 14.3. The molecule has 0 bridgehead atoms. The number of carbonyl (C=O) groups excluding carboxylic acids is 3. The van der Waals surface area contributed by atoms with Crippen LogP contribution in [-0.4, -0.2) is 66.8 Å². The number of ketones is 1. The van der Waals surface area contributed by atoms with Crippen LogP contribution in [0.1, 0.15) is 49.3 Å². The average Bonchev–Trinajstić information content (AvgIpc) is 3.21. The summed E-state index contributed by atoms with van der Waals surface area (Å²) in [5.74, 6) is -3.55. The van der Waals surface area contributed by atoms with Crippen LogP contribution in [0, 0.1) is 5.92 Å². The van der Waals surface area contributed by atoms with Crippen molar-refractivity contribution in [3.05, 3.63) is 71.3 Å². The molecule has 3 atom stereocenters. The molecule has 2 amide bonds. The number of Topliss-reactive ketones (excluding diaryl/α,β-unsaturated/α-hetero) is 1. The van der Waals surface area contributed by atoms with Crippen molar-refractivity contribution in [3.63, 3.8) is 0 Å². The van der Waals surface area contributed by atoms with Crippen molar-refractivity contribution in [1.82, 2.24) is 10.6 Å². The third-order valence-corrected chi connectivity index (χ3v) is 7.80. The molecule has 2 aromatic rings. The van der Waals surface area contributed by atoms with E-state index in [0.29, 0.717) is 6.61 Å². The standard InChI is InChI=1S/C28H37N3O4.C2H2F3NO/c1-27(2,29)26(34)31-23(18-35-17-19-8-4-3-5-9-19)25(33)24-21(16-32)20-10-6-7-11-22(20)28(24)12-14-30-15-13-28;3-2(4,5)1(6)7/h3-11,21,23-24,30,32H,12-18,29H2,1-2H3,(H,31,34);(H2,6,7)/t21?,23-,24?;/m1./s1. The lowest BCUT2D eigenvalue weighted by Crippen LogP contribution is -2.58. The second kappa shape index (κ2) is 13.8. The van der Waals surface area contributed by atoms with Crippen LogP contribution in [0.25, 0.3) is 0 Å². The van der Waals surface area contributed by atoms with E-state index in [1.165, 1.54) is 0 Å². The zero-order chi connectivity index (χ0) is 31.1. The molecule has 1 saturated heterocycles. The van der Waals surface area contributed by atoms with E-state index in [0.717, 1.165) is 42.6 Å². The Morgan fingerprint density at radius 2 is 1.64 bits per heavy atom. The Morgan fingerprint density at radius 1 is 1.07 bits per heavy atom. The predicted octanol–water partition coefficient (Wildman–Crippen LogP) is 2.06. The number of halogens is 3. The minimum atomic E-state index is -4.86. The van der Waals surface area contributed by atoms with Crippen LogP contribution in [0.15, 0.2) is 54.6 Å². The largest absolute Gasteiger partial charge is 0.470 e. The van der Waals surface area contributed by atoms with Crippen LogP contribution in [0.3, 0.4) is 0 Å². The molecule has 42 heavy (non-hydrogen) atoms. The highest BCUT2D eigenvalue weighted by molar-refractivity contribution is 5.95. The molecule has 0 aromatic heterocycles. The Hall–Kier alpha value is -3.32. The van der Waals surface area contributed by atoms with Gasteiger partial charge in [-0.15, -0.1) is 0 Å². The van der Waals surface area contributed by atoms with Crippen LogP contribution < -0.4 is 22.1 Å². The summed E-state index contributed by atoms with van der Waals surface area (Å²) in [5, 5.41) is 16.7. The van der Waals surface area contributed by atoms with Gasteiger partial charge in [-0.2, -0.15) is 13.2 Å². The molecule has 230 valence electrons. The number of nitrogens with two attached hydrogens (primary N) is 2. The molecular formula is C30H39F3N4O5. The van der Waals surface area contributed by atoms with Crippen molar-refractivity contribution < 1.29 is 37.4 Å². The third kappa shape index (κ3) is 7.74. The van der Waals surface area contributed by atoms with Crippen molar-refractivity contribution in [1.29, 1.82) is 0 Å². The van der Waals surface area contributed by atoms with Gasteiger partial charge in [-0.25, -0.2) is 0 Å². The highest BCUT2D eigenvalue weighted by Crippen LogP contribution is 2.55. The number of rotatable bonds is 9. The van der Waals surface area contributed by atoms with E-state index in [1.54, 1.807) is 13.8 Å². The summed E-state index contributed by atoms with van der Waals surface area (Å²) in [5.41, 5.74) is 11.5. The second-order valence-corrected chi connectivity index (χ2v) is 11.3. The summed E-state index contributed by atoms with van der Waals surface area (Å²) < 4.78 is 38.1. The van der Waals surface area contributed by atoms with Crippen molar-refractivity contribution in [2.75, 3.05) is 26.3 Å². The summed E-state index contributed by atoms with van der Waals surface area (Å²) in [6, 6.07) is 16.9. The minimum absolute atomic E-state index is 0.0366. The molecule has 2 aromatic carbocycles. The van der Waals surface area contributed by atoms with E-state index >= 15 is 0 Å². The number of aliphatic hydroxyl groups is 1. The van der Waals surface area contributed by atoms with Gasteiger partial charge in [0, 0.05) is 17.3 Å². The van der Waals surface area contributed by atoms with Gasteiger partial charge < -0.3 is 31.9 Å². The molecule has 1 heterocycles. The quantitative estimate of drug-likeness (QED) is 0.298. The summed E-state index contributed by atoms with van der Waals surface area (Å²) in [6.07, 6.45) is -3.27. The summed E-state index contributed by atoms with van der Waals surface area (Å²) in [6.45, 7) is 5.07. The summed E-state index contributed by atoms with van der Waals surface area (Å²) >= 11 is 0. The molecule has 9 nitrogen and oxygen atoms in total. The smallest absolute Gasteiger partial charge is 0.396 e. The SMILES string of the molecule is CC(C)(N)C(=O)N[C@H](COCc1ccccc1)C(=O)C1C(CO)c2ccccc2C12CCNCC2.NC(=O)C(F)(F)F. The minimum Gasteiger partial charge on any atom is -0.396 e. The van der Waals surface area contributed by atoms with Crippen molar-refractivity contribution in [3.8, 4) is 0 Å². The molecule has 7 N–H and O–H groups in total. The fourth-order valence-corrected chi connectivity index (χ4v) is 5.76. The van der Waals surface area contributed by atoms with E-state index < -0.39 is 35.5 Å². The molecule has 1 aliphatic heterocycles. The van der Waals surface area contributed by atoms with Gasteiger partial charge in [0.05, 0.1) is 25.4 Å². The lowest BCUT2D eigenvalue weighted by Gasteiger charge is -2.42. The zero-order valence-corrected chi connectivity index (χ0v) is 23.7. The molecule has 4 rings (SSSR count). The van der Waals surface area contributed by atoms with E-state index in [1.807, 2.05) is 48.5 Å². The Labute approximate surface area is 243 Å². The molecule has 2 unspecified atom stereocenters. The van der Waals surface area contributed by atoms with E-state index in [2.05, 4.69) is 22.4 Å². The second-order valence-electron chi connectivity index (χ2n) is 11.3. The molecule has 1 fully saturated rings. The number of nitrogens with one attached hydrogen (secondary N) is 2. The molecular weight excluding hydrogens is 553 g/mol. The van der Waals surface area contributed by atoms with Crippen LogP contribution in [0.2, 0.25) is 0 Å². The predicted molar refractivity (Wildman–Crippen MR) is 150 cm³/mol. The molecule has 1 spiro atoms. The molecule has 0 saturated carbocycles. The molecule has 12 heteroatoms. The monoisotopic (exact) mass is 592 g/mol. The van der Waals surface area contributed by atoms with Crippen LogP contribution >= 0.6 is 0 Å². The Morgan fingerprint density at radius 3 is 2.19 bits per heavy atom. The zero-order valence-electron chi connectivity index (χ0n) is 23.7. The van der Waals surface area contributed by atoms with Crippen molar-refractivity contribution in [2.45, 2.75) is 62.4 Å². The number of carbonyl (C=O) groups is 3. The van der Waals surface area contributed by atoms with Gasteiger partial charge in [0.25, 0.3) is 0 Å². The van der Waals surface area contributed by atoms with Gasteiger partial charge in [-0.05, 0) is 56.5 Å². The van der Waals surface area contributed by atoms with E-state index in [9.17, 15) is 27.9 Å². The number of amides is 2. The number of ether oxygens (including phenoxy) is 1. The maximum Gasteiger partial charge on any atom is 0.470 e. The lowest BCUT2D eigenvalue weighted by molar-refractivity contribution is -0.169. The number of primary amides is 1. The average molecular weight is 593 g/mol. The first-order valence-electron chi connectivity index (χ1n) is 13.7. The number of alkyl halides is 3. The lowest BCUT2D eigenvalue weighted by atomic mass is 9.64. The number of hydrogen-bond donors (Lipinski definition) is 5. The van der Waals surface area contributed by atoms with Crippen LogP contribution in [0.4, 0.5) is 13.2 Å². The normalized spacial score (nSPS) is 20.2. The number of fused-ring (bicyclic) bond motifs is 2. The fourth-order valence-electron chi connectivity index (χ4n) is 5.76. The summed E-state index contributed by atoms with van der Waals surface area (Å²) in [4.78, 5) is 36.3. The number of hydrogen-bond acceptors (Lipinski definition) is 7. The van der Waals surface area contributed by atoms with Crippen molar-refractivity contribution in [2.24, 2.45) is 17.4 Å². The topological polar surface area (TPSA) is 157 Å². The Kier molecular flexibility index (Phi) is 10.9. The van der Waals surface area contributed by atoms with Gasteiger partial charge >= 0.3 is 12.1 Å². The van der Waals surface area contributed by atoms with Crippen LogP contribution in [-0.2, 0) is 31.1 Å². The number of aliphatic hydroxyl groups excluding tert-OH is 1. The first-order chi connectivity index (χ1) is 19.7. The van der Waals surface area contributed by atoms with Gasteiger partial charge in [0.2, 0.25) is 5.91 Å². The number of benzene rings is 2. The highest BCUT2D eigenvalue weighted by Gasteiger charge is 2.56. The third-order valence-electron chi connectivity index (χ3n) is 7.80. The van der Waals surface area contributed by atoms with Gasteiger partial charge in [0.15, 0.2) is 5.78 Å². The maximum absolute atomic E-state index is 14.3. The van der Waals surface area contributed by atoms with Gasteiger partial charge in [0.1, 0.15) is 6.04 Å². The van der Waals surface area contributed by atoms with Crippen molar-refractivity contribution >= 4 is 17.6 Å². The summed E-state index contributed by atoms with van der Waals surface area (Å²) in [7, 11) is 0. The van der Waals surface area contributed by atoms with Crippen LogP contribution in [0.5, 0.6) is 0 Å². The number of piperidine rings is 1. The fraction of sp³-hybridized carbons (Fsp3) is 0.500. The van der Waals surface area contributed by atoms with E-state index in [4.69, 9.17) is 15.3 Å². The highest BCUT2D eigenvalue weighted by atomic mass is 19.4. The molecule has 2 aliphatic rings. The Bertz CT molecular complexity index is 1230. The van der Waals surface area contributed by atoms with E-state index in [-0.39, 0.29) is 30.3 Å². The molecule has 0 radical (unpaired) electrons. The first-order valence-corrected chi connectivity index (χ1v) is 13.7.